The molecule has 0 amide bonds. The highest BCUT2D eigenvalue weighted by molar-refractivity contribution is 14.0. The van der Waals surface area contributed by atoms with Crippen LogP contribution in [-0.4, -0.2) is 24.8 Å². The molecule has 2 rings (SSSR count). The maximum absolute atomic E-state index is 5.79. The van der Waals surface area contributed by atoms with Gasteiger partial charge in [-0.1, -0.05) is 17.3 Å². The van der Waals surface area contributed by atoms with E-state index < -0.39 is 0 Å². The zero-order valence-electron chi connectivity index (χ0n) is 12.7. The number of aliphatic imine (C=N–C) groups is 1. The number of halogens is 1. The van der Waals surface area contributed by atoms with E-state index in [1.165, 1.54) is 5.56 Å². The molecule has 7 heteroatoms. The lowest BCUT2D eigenvalue weighted by Gasteiger charge is -2.06. The van der Waals surface area contributed by atoms with Gasteiger partial charge in [-0.25, -0.2) is 4.99 Å². The Morgan fingerprint density at radius 2 is 2.09 bits per heavy atom. The fourth-order valence-electron chi connectivity index (χ4n) is 1.84. The van der Waals surface area contributed by atoms with Crippen LogP contribution in [0, 0.1) is 6.92 Å². The highest BCUT2D eigenvalue weighted by atomic mass is 127. The first-order valence-electron chi connectivity index (χ1n) is 6.76. The van der Waals surface area contributed by atoms with Gasteiger partial charge in [0.1, 0.15) is 12.3 Å². The minimum absolute atomic E-state index is 0. The van der Waals surface area contributed by atoms with E-state index in [0.717, 1.165) is 24.4 Å². The molecule has 1 aromatic carbocycles. The van der Waals surface area contributed by atoms with E-state index in [1.54, 1.807) is 7.11 Å². The van der Waals surface area contributed by atoms with Crippen molar-refractivity contribution in [3.63, 3.8) is 0 Å². The van der Waals surface area contributed by atoms with Gasteiger partial charge in [-0.3, -0.25) is 0 Å². The molecular weight excluding hydrogens is 395 g/mol. The van der Waals surface area contributed by atoms with Crippen molar-refractivity contribution in [2.45, 2.75) is 19.9 Å². The van der Waals surface area contributed by atoms with Crippen molar-refractivity contribution in [1.29, 1.82) is 0 Å². The van der Waals surface area contributed by atoms with Gasteiger partial charge in [-0.05, 0) is 31.0 Å². The topological polar surface area (TPSA) is 85.7 Å². The molecule has 0 fully saturated rings. The molecule has 0 aliphatic carbocycles. The fourth-order valence-corrected chi connectivity index (χ4v) is 1.84. The number of aromatic nitrogens is 1. The number of hydrogen-bond donors (Lipinski definition) is 2. The minimum atomic E-state index is 0. The van der Waals surface area contributed by atoms with E-state index in [9.17, 15) is 0 Å². The highest BCUT2D eigenvalue weighted by Crippen LogP contribution is 2.11. The summed E-state index contributed by atoms with van der Waals surface area (Å²) >= 11 is 0. The van der Waals surface area contributed by atoms with Crippen molar-refractivity contribution in [2.24, 2.45) is 10.7 Å². The van der Waals surface area contributed by atoms with E-state index in [1.807, 2.05) is 37.3 Å². The van der Waals surface area contributed by atoms with E-state index in [2.05, 4.69) is 15.5 Å². The lowest BCUT2D eigenvalue weighted by atomic mass is 10.1. The molecule has 0 saturated heterocycles. The van der Waals surface area contributed by atoms with Gasteiger partial charge in [-0.2, -0.15) is 0 Å². The third-order valence-electron chi connectivity index (χ3n) is 2.96. The summed E-state index contributed by atoms with van der Waals surface area (Å²) in [5.41, 5.74) is 7.84. The van der Waals surface area contributed by atoms with Crippen molar-refractivity contribution in [2.75, 3.05) is 13.7 Å². The largest absolute Gasteiger partial charge is 0.497 e. The van der Waals surface area contributed by atoms with Crippen molar-refractivity contribution in [3.8, 4) is 5.75 Å². The third-order valence-corrected chi connectivity index (χ3v) is 2.96. The first-order chi connectivity index (χ1) is 10.2. The normalized spacial score (nSPS) is 10.9. The lowest BCUT2D eigenvalue weighted by molar-refractivity contribution is 0.381. The van der Waals surface area contributed by atoms with Crippen molar-refractivity contribution >= 4 is 29.9 Å². The molecule has 3 N–H and O–H groups in total. The van der Waals surface area contributed by atoms with E-state index in [4.69, 9.17) is 15.0 Å². The van der Waals surface area contributed by atoms with Gasteiger partial charge in [-0.15, -0.1) is 24.0 Å². The molecular formula is C15H21IN4O2. The Balaban J connectivity index is 0.00000242. The molecule has 2 aromatic rings. The number of rotatable bonds is 6. The molecule has 0 saturated carbocycles. The third kappa shape index (κ3) is 5.92. The molecule has 0 bridgehead atoms. The summed E-state index contributed by atoms with van der Waals surface area (Å²) in [4.78, 5) is 4.20. The van der Waals surface area contributed by atoms with Crippen molar-refractivity contribution in [1.82, 2.24) is 10.5 Å². The molecule has 0 spiro atoms. The van der Waals surface area contributed by atoms with Crippen LogP contribution in [0.15, 0.2) is 39.8 Å². The fraction of sp³-hybridized carbons (Fsp3) is 0.333. The number of guanidine groups is 1. The quantitative estimate of drug-likeness (QED) is 0.429. The molecule has 120 valence electrons. The van der Waals surface area contributed by atoms with Gasteiger partial charge >= 0.3 is 0 Å². The number of ether oxygens (including phenoxy) is 1. The number of nitrogens with zero attached hydrogens (tertiary/aromatic N) is 2. The predicted octanol–water partition coefficient (Wildman–Crippen LogP) is 2.26. The Morgan fingerprint density at radius 3 is 2.68 bits per heavy atom. The molecule has 0 aliphatic rings. The summed E-state index contributed by atoms with van der Waals surface area (Å²) in [6, 6.07) is 9.79. The average molecular weight is 416 g/mol. The summed E-state index contributed by atoms with van der Waals surface area (Å²) in [6.07, 6.45) is 0.863. The average Bonchev–Trinajstić information content (AvgIpc) is 2.91. The van der Waals surface area contributed by atoms with E-state index in [0.29, 0.717) is 18.3 Å². The molecule has 0 aliphatic heterocycles. The molecule has 6 nitrogen and oxygen atoms in total. The summed E-state index contributed by atoms with van der Waals surface area (Å²) < 4.78 is 10.2. The predicted molar refractivity (Wildman–Crippen MR) is 96.7 cm³/mol. The second kappa shape index (κ2) is 9.29. The second-order valence-corrected chi connectivity index (χ2v) is 4.66. The lowest BCUT2D eigenvalue weighted by Crippen LogP contribution is -2.33. The molecule has 0 radical (unpaired) electrons. The van der Waals surface area contributed by atoms with Crippen molar-refractivity contribution < 1.29 is 9.26 Å². The second-order valence-electron chi connectivity index (χ2n) is 4.66. The van der Waals surface area contributed by atoms with Crippen LogP contribution < -0.4 is 15.8 Å². The highest BCUT2D eigenvalue weighted by Gasteiger charge is 2.00. The number of nitrogens with one attached hydrogen (secondary N) is 1. The first kappa shape index (κ1) is 18.3. The van der Waals surface area contributed by atoms with Crippen LogP contribution in [0.25, 0.3) is 0 Å². The molecule has 0 atom stereocenters. The van der Waals surface area contributed by atoms with Crippen molar-refractivity contribution in [3.05, 3.63) is 47.3 Å². The minimum Gasteiger partial charge on any atom is -0.497 e. The van der Waals surface area contributed by atoms with Crippen LogP contribution in [0.1, 0.15) is 17.0 Å². The van der Waals surface area contributed by atoms with Gasteiger partial charge < -0.3 is 20.3 Å². The number of benzene rings is 1. The van der Waals surface area contributed by atoms with Gasteiger partial charge in [0.25, 0.3) is 0 Å². The number of methoxy groups -OCH3 is 1. The molecule has 0 unspecified atom stereocenters. The molecule has 1 aromatic heterocycles. The maximum Gasteiger partial charge on any atom is 0.189 e. The maximum atomic E-state index is 5.79. The Bertz CT molecular complexity index is 596. The zero-order chi connectivity index (χ0) is 15.1. The zero-order valence-corrected chi connectivity index (χ0v) is 15.0. The number of hydrogen-bond acceptors (Lipinski definition) is 4. The van der Waals surface area contributed by atoms with Gasteiger partial charge in [0.2, 0.25) is 0 Å². The van der Waals surface area contributed by atoms with E-state index >= 15 is 0 Å². The molecule has 22 heavy (non-hydrogen) atoms. The molecule has 1 heterocycles. The SMILES string of the molecule is COc1ccc(CCNC(N)=NCc2cc(C)no2)cc1.I. The summed E-state index contributed by atoms with van der Waals surface area (Å²) in [7, 11) is 1.66. The monoisotopic (exact) mass is 416 g/mol. The standard InChI is InChI=1S/C15H20N4O2.HI/c1-11-9-14(21-19-11)10-18-15(16)17-8-7-12-3-5-13(20-2)6-4-12;/h3-6,9H,7-8,10H2,1-2H3,(H3,16,17,18);1H. The van der Waals surface area contributed by atoms with Crippen LogP contribution in [0.4, 0.5) is 0 Å². The van der Waals surface area contributed by atoms with Crippen LogP contribution in [0.3, 0.4) is 0 Å². The summed E-state index contributed by atoms with van der Waals surface area (Å²) in [5, 5.41) is 6.87. The first-order valence-corrected chi connectivity index (χ1v) is 6.76. The van der Waals surface area contributed by atoms with Crippen LogP contribution in [-0.2, 0) is 13.0 Å². The Labute approximate surface area is 147 Å². The van der Waals surface area contributed by atoms with Gasteiger partial charge in [0.15, 0.2) is 11.7 Å². The smallest absolute Gasteiger partial charge is 0.189 e. The van der Waals surface area contributed by atoms with Crippen LogP contribution >= 0.6 is 24.0 Å². The van der Waals surface area contributed by atoms with Crippen LogP contribution in [0.2, 0.25) is 0 Å². The Kier molecular flexibility index (Phi) is 7.72. The summed E-state index contributed by atoms with van der Waals surface area (Å²) in [5.74, 6) is 1.96. The summed E-state index contributed by atoms with van der Waals surface area (Å²) in [6.45, 7) is 2.98. The van der Waals surface area contributed by atoms with Gasteiger partial charge in [0, 0.05) is 12.6 Å². The Hall–Kier alpha value is -1.77. The number of nitrogens with two attached hydrogens (primary N) is 1. The Morgan fingerprint density at radius 1 is 1.36 bits per heavy atom. The van der Waals surface area contributed by atoms with Gasteiger partial charge in [0.05, 0.1) is 12.8 Å². The van der Waals surface area contributed by atoms with E-state index in [-0.39, 0.29) is 24.0 Å². The van der Waals surface area contributed by atoms with Crippen LogP contribution in [0.5, 0.6) is 5.75 Å². The number of aryl methyl sites for hydroxylation is 1.